The molecular formula is C30H29ClFNO3. The van der Waals surface area contributed by atoms with Crippen LogP contribution in [0.4, 0.5) is 4.39 Å². The number of carboxylic acid groups (broad SMARTS) is 1. The minimum Gasteiger partial charge on any atom is -0.488 e. The summed E-state index contributed by atoms with van der Waals surface area (Å²) in [7, 11) is 0. The molecule has 3 aromatic rings. The number of fused-ring (bicyclic) bond motifs is 1. The molecule has 1 fully saturated rings. The van der Waals surface area contributed by atoms with Gasteiger partial charge in [0.1, 0.15) is 11.9 Å². The minimum absolute atomic E-state index is 0.0939. The highest BCUT2D eigenvalue weighted by Crippen LogP contribution is 2.42. The van der Waals surface area contributed by atoms with Crippen molar-refractivity contribution < 1.29 is 19.0 Å². The number of carbonyl (C=O) groups is 1. The Labute approximate surface area is 216 Å². The molecule has 2 aliphatic rings. The fourth-order valence-corrected chi connectivity index (χ4v) is 5.46. The molecule has 0 bridgehead atoms. The Morgan fingerprint density at radius 3 is 2.64 bits per heavy atom. The van der Waals surface area contributed by atoms with Crippen LogP contribution in [0.5, 0.6) is 5.75 Å². The van der Waals surface area contributed by atoms with Crippen LogP contribution in [0.25, 0.3) is 11.1 Å². The summed E-state index contributed by atoms with van der Waals surface area (Å²) in [5.41, 5.74) is 6.59. The number of hydrogen-bond donors (Lipinski definition) is 1. The number of rotatable bonds is 8. The van der Waals surface area contributed by atoms with Crippen LogP contribution >= 0.6 is 11.6 Å². The minimum atomic E-state index is -0.921. The average Bonchev–Trinajstić information content (AvgIpc) is 3.04. The SMILES string of the molecule is O=C(O)c1ccc2c(c1)CCCC(c1ccccc1Cl)=C2c1cccc(OC2CN(CCCF)C2)c1. The highest BCUT2D eigenvalue weighted by atomic mass is 35.5. The monoisotopic (exact) mass is 505 g/mol. The first-order valence-electron chi connectivity index (χ1n) is 12.4. The van der Waals surface area contributed by atoms with E-state index in [2.05, 4.69) is 23.1 Å². The summed E-state index contributed by atoms with van der Waals surface area (Å²) < 4.78 is 18.7. The predicted molar refractivity (Wildman–Crippen MR) is 142 cm³/mol. The molecule has 0 atom stereocenters. The van der Waals surface area contributed by atoms with Gasteiger partial charge in [0, 0.05) is 24.7 Å². The van der Waals surface area contributed by atoms with Gasteiger partial charge >= 0.3 is 5.97 Å². The quantitative estimate of drug-likeness (QED) is 0.367. The Bertz CT molecular complexity index is 1300. The summed E-state index contributed by atoms with van der Waals surface area (Å²) in [6.07, 6.45) is 3.17. The number of carboxylic acids is 1. The van der Waals surface area contributed by atoms with Crippen molar-refractivity contribution in [3.8, 4) is 5.75 Å². The summed E-state index contributed by atoms with van der Waals surface area (Å²) in [6.45, 7) is 2.08. The van der Waals surface area contributed by atoms with Gasteiger partial charge in [-0.05, 0) is 89.4 Å². The number of aromatic carboxylic acids is 1. The zero-order chi connectivity index (χ0) is 25.1. The van der Waals surface area contributed by atoms with Crippen LogP contribution in [0, 0.1) is 0 Å². The predicted octanol–water partition coefficient (Wildman–Crippen LogP) is 6.76. The van der Waals surface area contributed by atoms with Crippen LogP contribution in [0.3, 0.4) is 0 Å². The largest absolute Gasteiger partial charge is 0.488 e. The van der Waals surface area contributed by atoms with E-state index in [-0.39, 0.29) is 12.8 Å². The number of alkyl halides is 1. The highest BCUT2D eigenvalue weighted by Gasteiger charge is 2.28. The Kier molecular flexibility index (Phi) is 7.40. The molecule has 5 rings (SSSR count). The third kappa shape index (κ3) is 5.18. The third-order valence-corrected chi connectivity index (χ3v) is 7.28. The van der Waals surface area contributed by atoms with Crippen molar-refractivity contribution >= 4 is 28.7 Å². The highest BCUT2D eigenvalue weighted by molar-refractivity contribution is 6.32. The summed E-state index contributed by atoms with van der Waals surface area (Å²) >= 11 is 6.67. The number of benzene rings is 3. The molecule has 1 heterocycles. The zero-order valence-corrected chi connectivity index (χ0v) is 20.8. The number of allylic oxidation sites excluding steroid dienone is 1. The van der Waals surface area contributed by atoms with Gasteiger partial charge in [-0.15, -0.1) is 0 Å². The zero-order valence-electron chi connectivity index (χ0n) is 20.1. The maximum atomic E-state index is 12.5. The number of likely N-dealkylation sites (tertiary alicyclic amines) is 1. The topological polar surface area (TPSA) is 49.8 Å². The number of nitrogens with zero attached hydrogens (tertiary/aromatic N) is 1. The third-order valence-electron chi connectivity index (χ3n) is 6.95. The van der Waals surface area contributed by atoms with E-state index >= 15 is 0 Å². The van der Waals surface area contributed by atoms with E-state index in [1.165, 1.54) is 0 Å². The second-order valence-electron chi connectivity index (χ2n) is 9.43. The van der Waals surface area contributed by atoms with E-state index in [0.29, 0.717) is 17.0 Å². The summed E-state index contributed by atoms with van der Waals surface area (Å²) in [5.74, 6) is -0.128. The van der Waals surface area contributed by atoms with E-state index in [0.717, 1.165) is 78.0 Å². The van der Waals surface area contributed by atoms with Crippen molar-refractivity contribution in [2.75, 3.05) is 26.3 Å². The smallest absolute Gasteiger partial charge is 0.335 e. The van der Waals surface area contributed by atoms with Gasteiger partial charge in [-0.25, -0.2) is 4.79 Å². The van der Waals surface area contributed by atoms with Crippen LogP contribution in [-0.2, 0) is 6.42 Å². The van der Waals surface area contributed by atoms with Crippen molar-refractivity contribution in [1.29, 1.82) is 0 Å². The number of ether oxygens (including phenoxy) is 1. The van der Waals surface area contributed by atoms with E-state index in [1.54, 1.807) is 12.1 Å². The van der Waals surface area contributed by atoms with Gasteiger partial charge in [0.25, 0.3) is 0 Å². The molecule has 3 aromatic carbocycles. The Morgan fingerprint density at radius 2 is 1.86 bits per heavy atom. The summed E-state index contributed by atoms with van der Waals surface area (Å²) in [5, 5.41) is 10.3. The van der Waals surface area contributed by atoms with Gasteiger partial charge in [0.2, 0.25) is 0 Å². The normalized spacial score (nSPS) is 16.3. The molecular weight excluding hydrogens is 477 g/mol. The van der Waals surface area contributed by atoms with E-state index in [9.17, 15) is 14.3 Å². The molecule has 186 valence electrons. The Morgan fingerprint density at radius 1 is 1.03 bits per heavy atom. The van der Waals surface area contributed by atoms with Crippen molar-refractivity contribution in [3.63, 3.8) is 0 Å². The molecule has 1 aliphatic carbocycles. The molecule has 0 unspecified atom stereocenters. The van der Waals surface area contributed by atoms with Crippen LogP contribution in [0.15, 0.2) is 66.7 Å². The molecule has 0 aromatic heterocycles. The molecule has 0 saturated carbocycles. The lowest BCUT2D eigenvalue weighted by Crippen LogP contribution is -2.53. The van der Waals surface area contributed by atoms with Crippen LogP contribution in [-0.4, -0.2) is 48.4 Å². The van der Waals surface area contributed by atoms with E-state index < -0.39 is 5.97 Å². The first-order valence-corrected chi connectivity index (χ1v) is 12.8. The van der Waals surface area contributed by atoms with Crippen molar-refractivity contribution in [3.05, 3.63) is 99.6 Å². The van der Waals surface area contributed by atoms with Gasteiger partial charge in [-0.2, -0.15) is 0 Å². The average molecular weight is 506 g/mol. The van der Waals surface area contributed by atoms with Gasteiger partial charge in [0.05, 0.1) is 12.2 Å². The fourth-order valence-electron chi connectivity index (χ4n) is 5.21. The lowest BCUT2D eigenvalue weighted by atomic mass is 9.87. The maximum Gasteiger partial charge on any atom is 0.335 e. The van der Waals surface area contributed by atoms with Gasteiger partial charge in [-0.1, -0.05) is 48.0 Å². The number of aryl methyl sites for hydroxylation is 1. The summed E-state index contributed by atoms with van der Waals surface area (Å²) in [6, 6.07) is 21.4. The second kappa shape index (κ2) is 10.9. The van der Waals surface area contributed by atoms with Crippen LogP contribution < -0.4 is 4.74 Å². The van der Waals surface area contributed by atoms with Crippen LogP contribution in [0.1, 0.15) is 51.9 Å². The molecule has 0 spiro atoms. The van der Waals surface area contributed by atoms with Crippen molar-refractivity contribution in [2.24, 2.45) is 0 Å². The molecule has 0 radical (unpaired) electrons. The first-order chi connectivity index (χ1) is 17.5. The first kappa shape index (κ1) is 24.5. The Hall–Kier alpha value is -3.15. The lowest BCUT2D eigenvalue weighted by molar-refractivity contribution is 0.0184. The molecule has 0 amide bonds. The van der Waals surface area contributed by atoms with Crippen molar-refractivity contribution in [1.82, 2.24) is 4.90 Å². The fraction of sp³-hybridized carbons (Fsp3) is 0.300. The Balaban J connectivity index is 1.55. The van der Waals surface area contributed by atoms with Gasteiger partial charge in [0.15, 0.2) is 0 Å². The van der Waals surface area contributed by atoms with Gasteiger partial charge in [-0.3, -0.25) is 9.29 Å². The van der Waals surface area contributed by atoms with Crippen molar-refractivity contribution in [2.45, 2.75) is 31.8 Å². The summed E-state index contributed by atoms with van der Waals surface area (Å²) in [4.78, 5) is 13.9. The van der Waals surface area contributed by atoms with Gasteiger partial charge < -0.3 is 9.84 Å². The van der Waals surface area contributed by atoms with Crippen LogP contribution in [0.2, 0.25) is 5.02 Å². The maximum absolute atomic E-state index is 12.5. The molecule has 1 N–H and O–H groups in total. The standard InChI is InChI=1S/C30H29ClFNO3/c31-28-11-2-1-9-26(28)27-10-4-6-20-16-22(30(34)35)12-13-25(20)29(27)21-7-3-8-23(17-21)36-24-18-33(19-24)15-5-14-32/h1-3,7-9,11-13,16-17,24H,4-6,10,14-15,18-19H2,(H,34,35). The molecule has 6 heteroatoms. The van der Waals surface area contributed by atoms with E-state index in [1.807, 2.05) is 36.4 Å². The number of hydrogen-bond acceptors (Lipinski definition) is 3. The number of halogens is 2. The molecule has 4 nitrogen and oxygen atoms in total. The molecule has 36 heavy (non-hydrogen) atoms. The van der Waals surface area contributed by atoms with E-state index in [4.69, 9.17) is 16.3 Å². The molecule has 1 saturated heterocycles. The second-order valence-corrected chi connectivity index (χ2v) is 9.84. The molecule has 1 aliphatic heterocycles. The lowest BCUT2D eigenvalue weighted by Gasteiger charge is -2.38.